The number of benzene rings is 2. The SMILES string of the molecule is CNS(=O)(=O)c1ccccc1Nc1nc(Nc2cccc(C(F)(F)F)c2)ncc1Br. The lowest BCUT2D eigenvalue weighted by Crippen LogP contribution is -2.19. The van der Waals surface area contributed by atoms with E-state index >= 15 is 0 Å². The van der Waals surface area contributed by atoms with Crippen LogP contribution >= 0.6 is 15.9 Å². The normalized spacial score (nSPS) is 11.9. The summed E-state index contributed by atoms with van der Waals surface area (Å²) in [5.41, 5.74) is -0.401. The van der Waals surface area contributed by atoms with Crippen molar-refractivity contribution in [3.05, 3.63) is 64.8 Å². The second-order valence-corrected chi connectivity index (χ2v) is 8.63. The maximum Gasteiger partial charge on any atom is 0.416 e. The molecule has 12 heteroatoms. The van der Waals surface area contributed by atoms with Gasteiger partial charge in [-0.05, 0) is 53.3 Å². The summed E-state index contributed by atoms with van der Waals surface area (Å²) in [5.74, 6) is 0.243. The molecule has 0 atom stereocenters. The van der Waals surface area contributed by atoms with E-state index in [1.165, 1.54) is 31.4 Å². The van der Waals surface area contributed by atoms with Crippen molar-refractivity contribution >= 4 is 49.1 Å². The van der Waals surface area contributed by atoms with E-state index < -0.39 is 21.8 Å². The Labute approximate surface area is 178 Å². The molecular formula is C18H15BrF3N5O2S. The molecule has 0 bridgehead atoms. The first-order valence-electron chi connectivity index (χ1n) is 8.36. The van der Waals surface area contributed by atoms with Gasteiger partial charge in [0.2, 0.25) is 16.0 Å². The number of anilines is 4. The van der Waals surface area contributed by atoms with Crippen molar-refractivity contribution in [2.75, 3.05) is 17.7 Å². The van der Waals surface area contributed by atoms with Crippen molar-refractivity contribution in [3.8, 4) is 0 Å². The number of nitrogens with zero attached hydrogens (tertiary/aromatic N) is 2. The summed E-state index contributed by atoms with van der Waals surface area (Å²) in [6.45, 7) is 0. The molecule has 30 heavy (non-hydrogen) atoms. The molecule has 2 aromatic carbocycles. The van der Waals surface area contributed by atoms with Gasteiger partial charge >= 0.3 is 6.18 Å². The number of aromatic nitrogens is 2. The lowest BCUT2D eigenvalue weighted by Gasteiger charge is -2.14. The van der Waals surface area contributed by atoms with Gasteiger partial charge in [-0.15, -0.1) is 0 Å². The highest BCUT2D eigenvalue weighted by atomic mass is 79.9. The summed E-state index contributed by atoms with van der Waals surface area (Å²) in [6.07, 6.45) is -3.09. The molecule has 0 saturated heterocycles. The predicted molar refractivity (Wildman–Crippen MR) is 110 cm³/mol. The maximum absolute atomic E-state index is 12.9. The zero-order valence-corrected chi connectivity index (χ0v) is 17.7. The lowest BCUT2D eigenvalue weighted by atomic mass is 10.2. The van der Waals surface area contributed by atoms with Crippen molar-refractivity contribution in [1.82, 2.24) is 14.7 Å². The van der Waals surface area contributed by atoms with Gasteiger partial charge in [-0.1, -0.05) is 18.2 Å². The average molecular weight is 502 g/mol. The van der Waals surface area contributed by atoms with Crippen LogP contribution in [0.5, 0.6) is 0 Å². The first-order chi connectivity index (χ1) is 14.1. The van der Waals surface area contributed by atoms with E-state index in [2.05, 4.69) is 41.3 Å². The number of rotatable bonds is 6. The molecule has 0 unspecified atom stereocenters. The van der Waals surface area contributed by atoms with E-state index in [0.717, 1.165) is 12.1 Å². The third kappa shape index (κ3) is 5.07. The van der Waals surface area contributed by atoms with E-state index in [0.29, 0.717) is 4.47 Å². The number of hydrogen-bond acceptors (Lipinski definition) is 6. The molecule has 0 fully saturated rings. The third-order valence-corrected chi connectivity index (χ3v) is 5.94. The minimum Gasteiger partial charge on any atom is -0.338 e. The highest BCUT2D eigenvalue weighted by Gasteiger charge is 2.30. The fraction of sp³-hybridized carbons (Fsp3) is 0.111. The largest absolute Gasteiger partial charge is 0.416 e. The Bertz CT molecular complexity index is 1170. The van der Waals surface area contributed by atoms with Gasteiger partial charge in [-0.25, -0.2) is 18.1 Å². The van der Waals surface area contributed by atoms with Gasteiger partial charge in [0.15, 0.2) is 0 Å². The van der Waals surface area contributed by atoms with Gasteiger partial charge in [0.1, 0.15) is 10.7 Å². The van der Waals surface area contributed by atoms with Crippen molar-refractivity contribution in [2.24, 2.45) is 0 Å². The van der Waals surface area contributed by atoms with E-state index in [4.69, 9.17) is 0 Å². The lowest BCUT2D eigenvalue weighted by molar-refractivity contribution is -0.137. The highest BCUT2D eigenvalue weighted by molar-refractivity contribution is 9.10. The van der Waals surface area contributed by atoms with Gasteiger partial charge in [0.25, 0.3) is 0 Å². The van der Waals surface area contributed by atoms with Crippen molar-refractivity contribution in [3.63, 3.8) is 0 Å². The number of para-hydroxylation sites is 1. The Morgan fingerprint density at radius 2 is 1.77 bits per heavy atom. The van der Waals surface area contributed by atoms with Crippen LogP contribution in [0.25, 0.3) is 0 Å². The zero-order valence-electron chi connectivity index (χ0n) is 15.3. The second kappa shape index (κ2) is 8.58. The molecule has 0 amide bonds. The van der Waals surface area contributed by atoms with Gasteiger partial charge in [0.05, 0.1) is 15.7 Å². The van der Waals surface area contributed by atoms with E-state index in [1.807, 2.05) is 0 Å². The van der Waals surface area contributed by atoms with Crippen LogP contribution in [0, 0.1) is 0 Å². The fourth-order valence-electron chi connectivity index (χ4n) is 2.46. The van der Waals surface area contributed by atoms with Crippen LogP contribution in [0.1, 0.15) is 5.56 Å². The summed E-state index contributed by atoms with van der Waals surface area (Å²) in [6, 6.07) is 10.8. The molecule has 1 aromatic heterocycles. The Morgan fingerprint density at radius 1 is 1.03 bits per heavy atom. The molecule has 0 aliphatic heterocycles. The number of halogens is 4. The minimum absolute atomic E-state index is 0.00500. The van der Waals surface area contributed by atoms with Crippen molar-refractivity contribution in [1.29, 1.82) is 0 Å². The summed E-state index contributed by atoms with van der Waals surface area (Å²) in [7, 11) is -2.44. The van der Waals surface area contributed by atoms with Crippen LogP contribution in [0.15, 0.2) is 64.1 Å². The molecule has 0 aliphatic rings. The summed E-state index contributed by atoms with van der Waals surface area (Å²) < 4.78 is 65.8. The number of alkyl halides is 3. The zero-order chi connectivity index (χ0) is 21.9. The smallest absolute Gasteiger partial charge is 0.338 e. The molecular weight excluding hydrogens is 487 g/mol. The molecule has 3 aromatic rings. The first kappa shape index (κ1) is 22.0. The fourth-order valence-corrected chi connectivity index (χ4v) is 3.64. The van der Waals surface area contributed by atoms with Crippen LogP contribution in [0.4, 0.5) is 36.3 Å². The monoisotopic (exact) mass is 501 g/mol. The minimum atomic E-state index is -4.48. The molecule has 7 nitrogen and oxygen atoms in total. The standard InChI is InChI=1S/C18H15BrF3N5O2S/c1-23-30(28,29)15-8-3-2-7-14(15)26-16-13(19)10-24-17(27-16)25-12-6-4-5-11(9-12)18(20,21)22/h2-10,23H,1H3,(H2,24,25,26,27). The van der Waals surface area contributed by atoms with Crippen LogP contribution in [-0.4, -0.2) is 25.4 Å². The van der Waals surface area contributed by atoms with Crippen LogP contribution < -0.4 is 15.4 Å². The molecule has 0 saturated carbocycles. The summed E-state index contributed by atoms with van der Waals surface area (Å²) >= 11 is 3.27. The van der Waals surface area contributed by atoms with Crippen LogP contribution in [0.3, 0.4) is 0 Å². The summed E-state index contributed by atoms with van der Waals surface area (Å²) in [4.78, 5) is 8.27. The Kier molecular flexibility index (Phi) is 6.29. The first-order valence-corrected chi connectivity index (χ1v) is 10.6. The number of sulfonamides is 1. The quantitative estimate of drug-likeness (QED) is 0.454. The van der Waals surface area contributed by atoms with E-state index in [1.54, 1.807) is 18.2 Å². The number of nitrogens with one attached hydrogen (secondary N) is 3. The Balaban J connectivity index is 1.91. The van der Waals surface area contributed by atoms with Crippen LogP contribution in [-0.2, 0) is 16.2 Å². The van der Waals surface area contributed by atoms with Crippen LogP contribution in [0.2, 0.25) is 0 Å². The topological polar surface area (TPSA) is 96.0 Å². The van der Waals surface area contributed by atoms with Crippen molar-refractivity contribution in [2.45, 2.75) is 11.1 Å². The van der Waals surface area contributed by atoms with E-state index in [-0.39, 0.29) is 28.0 Å². The highest BCUT2D eigenvalue weighted by Crippen LogP contribution is 2.32. The Hall–Kier alpha value is -2.70. The Morgan fingerprint density at radius 3 is 2.47 bits per heavy atom. The van der Waals surface area contributed by atoms with Gasteiger partial charge < -0.3 is 10.6 Å². The maximum atomic E-state index is 12.9. The predicted octanol–water partition coefficient (Wildman–Crippen LogP) is 4.65. The third-order valence-electron chi connectivity index (χ3n) is 3.89. The molecule has 3 N–H and O–H groups in total. The molecule has 3 rings (SSSR count). The average Bonchev–Trinajstić information content (AvgIpc) is 2.70. The second-order valence-electron chi connectivity index (χ2n) is 5.92. The van der Waals surface area contributed by atoms with Gasteiger partial charge in [-0.3, -0.25) is 0 Å². The summed E-state index contributed by atoms with van der Waals surface area (Å²) in [5, 5.41) is 5.62. The van der Waals surface area contributed by atoms with Crippen molar-refractivity contribution < 1.29 is 21.6 Å². The molecule has 0 aliphatic carbocycles. The molecule has 0 spiro atoms. The van der Waals surface area contributed by atoms with Gasteiger partial charge in [-0.2, -0.15) is 18.2 Å². The van der Waals surface area contributed by atoms with E-state index in [9.17, 15) is 21.6 Å². The molecule has 1 heterocycles. The number of hydrogen-bond donors (Lipinski definition) is 3. The molecule has 0 radical (unpaired) electrons. The van der Waals surface area contributed by atoms with Gasteiger partial charge in [0, 0.05) is 11.9 Å². The molecule has 158 valence electrons.